The molecule has 134 valence electrons. The van der Waals surface area contributed by atoms with E-state index in [-0.39, 0.29) is 11.3 Å². The molecule has 0 heterocycles. The van der Waals surface area contributed by atoms with E-state index < -0.39 is 5.91 Å². The minimum Gasteiger partial charge on any atom is -0.507 e. The number of anilines is 1. The van der Waals surface area contributed by atoms with E-state index in [4.69, 9.17) is 0 Å². The summed E-state index contributed by atoms with van der Waals surface area (Å²) >= 11 is 0. The van der Waals surface area contributed by atoms with Crippen molar-refractivity contribution in [2.45, 2.75) is 6.54 Å². The van der Waals surface area contributed by atoms with Gasteiger partial charge in [-0.15, -0.1) is 0 Å². The van der Waals surface area contributed by atoms with E-state index in [9.17, 15) is 15.2 Å². The maximum Gasteiger partial charge on any atom is 0.267 e. The molecule has 0 saturated heterocycles. The molecule has 5 heteroatoms. The van der Waals surface area contributed by atoms with E-state index in [1.165, 1.54) is 6.20 Å². The first-order valence-corrected chi connectivity index (χ1v) is 8.46. The van der Waals surface area contributed by atoms with Gasteiger partial charge in [0.1, 0.15) is 17.4 Å². The Labute approximate surface area is 157 Å². The molecule has 0 bridgehead atoms. The van der Waals surface area contributed by atoms with Crippen LogP contribution in [-0.4, -0.2) is 23.0 Å². The van der Waals surface area contributed by atoms with Crippen LogP contribution in [0.15, 0.2) is 78.5 Å². The van der Waals surface area contributed by atoms with E-state index in [1.807, 2.05) is 49.5 Å². The molecule has 2 N–H and O–H groups in total. The Kier molecular flexibility index (Phi) is 5.38. The number of nitrogens with zero attached hydrogens (tertiary/aromatic N) is 2. The number of nitrogens with one attached hydrogen (secondary N) is 1. The summed E-state index contributed by atoms with van der Waals surface area (Å²) < 4.78 is 0. The summed E-state index contributed by atoms with van der Waals surface area (Å²) in [6.45, 7) is 0.585. The Hall–Kier alpha value is -3.78. The highest BCUT2D eigenvalue weighted by atomic mass is 16.3. The first-order valence-electron chi connectivity index (χ1n) is 8.46. The van der Waals surface area contributed by atoms with Crippen molar-refractivity contribution in [2.24, 2.45) is 0 Å². The van der Waals surface area contributed by atoms with Gasteiger partial charge in [-0.3, -0.25) is 4.79 Å². The van der Waals surface area contributed by atoms with Gasteiger partial charge < -0.3 is 15.3 Å². The van der Waals surface area contributed by atoms with Gasteiger partial charge in [-0.2, -0.15) is 5.26 Å². The van der Waals surface area contributed by atoms with Crippen LogP contribution in [-0.2, 0) is 11.3 Å². The number of phenols is 1. The van der Waals surface area contributed by atoms with Crippen LogP contribution in [0.5, 0.6) is 5.75 Å². The summed E-state index contributed by atoms with van der Waals surface area (Å²) in [5.74, 6) is -0.351. The molecule has 0 saturated carbocycles. The molecule has 0 unspecified atom stereocenters. The van der Waals surface area contributed by atoms with Crippen LogP contribution < -0.4 is 5.32 Å². The van der Waals surface area contributed by atoms with Gasteiger partial charge in [-0.05, 0) is 17.7 Å². The molecule has 0 aliphatic heterocycles. The second-order valence-corrected chi connectivity index (χ2v) is 6.19. The monoisotopic (exact) mass is 357 g/mol. The third kappa shape index (κ3) is 4.25. The van der Waals surface area contributed by atoms with Crippen molar-refractivity contribution < 1.29 is 9.90 Å². The summed E-state index contributed by atoms with van der Waals surface area (Å²) in [5, 5.41) is 23.5. The van der Waals surface area contributed by atoms with E-state index in [0.29, 0.717) is 23.0 Å². The first kappa shape index (κ1) is 18.0. The number of fused-ring (bicyclic) bond motifs is 1. The zero-order valence-electron chi connectivity index (χ0n) is 14.9. The molecule has 0 atom stereocenters. The van der Waals surface area contributed by atoms with Gasteiger partial charge in [0.25, 0.3) is 5.91 Å². The van der Waals surface area contributed by atoms with Crippen molar-refractivity contribution in [1.29, 1.82) is 5.26 Å². The van der Waals surface area contributed by atoms with Gasteiger partial charge in [0.15, 0.2) is 0 Å². The summed E-state index contributed by atoms with van der Waals surface area (Å²) in [4.78, 5) is 14.4. The summed E-state index contributed by atoms with van der Waals surface area (Å²) in [6, 6.07) is 22.1. The van der Waals surface area contributed by atoms with Gasteiger partial charge in [-0.25, -0.2) is 0 Å². The van der Waals surface area contributed by atoms with Gasteiger partial charge in [0.2, 0.25) is 0 Å². The van der Waals surface area contributed by atoms with Crippen LogP contribution in [0.3, 0.4) is 0 Å². The Morgan fingerprint density at radius 2 is 1.78 bits per heavy atom. The molecule has 3 aromatic rings. The number of phenolic OH excluding ortho intramolecular Hbond substituents is 1. The number of nitriles is 1. The molecule has 0 aliphatic carbocycles. The van der Waals surface area contributed by atoms with Crippen LogP contribution in [0, 0.1) is 11.3 Å². The van der Waals surface area contributed by atoms with Crippen LogP contribution >= 0.6 is 0 Å². The molecule has 27 heavy (non-hydrogen) atoms. The van der Waals surface area contributed by atoms with E-state index in [0.717, 1.165) is 5.56 Å². The SMILES string of the molecule is CN(/C=C(/C#N)C(=O)Nc1cccc2c(O)cccc12)Cc1ccccc1. The van der Waals surface area contributed by atoms with E-state index in [1.54, 1.807) is 35.2 Å². The average Bonchev–Trinajstić information content (AvgIpc) is 2.67. The van der Waals surface area contributed by atoms with Gasteiger partial charge in [0, 0.05) is 36.3 Å². The number of carbonyl (C=O) groups is 1. The number of benzene rings is 3. The van der Waals surface area contributed by atoms with Crippen molar-refractivity contribution in [3.05, 3.63) is 84.1 Å². The Bertz CT molecular complexity index is 1040. The smallest absolute Gasteiger partial charge is 0.267 e. The lowest BCUT2D eigenvalue weighted by atomic mass is 10.1. The van der Waals surface area contributed by atoms with Crippen molar-refractivity contribution in [3.8, 4) is 11.8 Å². The fourth-order valence-electron chi connectivity index (χ4n) is 2.87. The molecule has 0 fully saturated rings. The molecular weight excluding hydrogens is 338 g/mol. The Morgan fingerprint density at radius 3 is 2.52 bits per heavy atom. The molecule has 3 rings (SSSR count). The average molecular weight is 357 g/mol. The lowest BCUT2D eigenvalue weighted by Crippen LogP contribution is -2.18. The summed E-state index contributed by atoms with van der Waals surface area (Å²) in [5.41, 5.74) is 1.63. The van der Waals surface area contributed by atoms with Crippen molar-refractivity contribution in [3.63, 3.8) is 0 Å². The molecule has 0 spiro atoms. The third-order valence-electron chi connectivity index (χ3n) is 4.14. The second-order valence-electron chi connectivity index (χ2n) is 6.19. The highest BCUT2D eigenvalue weighted by Crippen LogP contribution is 2.29. The maximum atomic E-state index is 12.6. The van der Waals surface area contributed by atoms with Crippen molar-refractivity contribution in [1.82, 2.24) is 4.90 Å². The normalized spacial score (nSPS) is 11.0. The zero-order valence-corrected chi connectivity index (χ0v) is 14.9. The molecular formula is C22H19N3O2. The van der Waals surface area contributed by atoms with Crippen molar-refractivity contribution >= 4 is 22.4 Å². The zero-order chi connectivity index (χ0) is 19.2. The molecule has 5 nitrogen and oxygen atoms in total. The highest BCUT2D eigenvalue weighted by molar-refractivity contribution is 6.11. The fraction of sp³-hybridized carbons (Fsp3) is 0.0909. The predicted molar refractivity (Wildman–Crippen MR) is 106 cm³/mol. The lowest BCUT2D eigenvalue weighted by Gasteiger charge is -2.15. The number of hydrogen-bond donors (Lipinski definition) is 2. The fourth-order valence-corrected chi connectivity index (χ4v) is 2.87. The van der Waals surface area contributed by atoms with Crippen molar-refractivity contribution in [2.75, 3.05) is 12.4 Å². The summed E-state index contributed by atoms with van der Waals surface area (Å²) in [7, 11) is 1.81. The minimum absolute atomic E-state index is 0.00517. The Morgan fingerprint density at radius 1 is 1.07 bits per heavy atom. The van der Waals surface area contributed by atoms with Gasteiger partial charge in [-0.1, -0.05) is 54.6 Å². The molecule has 1 amide bonds. The standard InChI is InChI=1S/C22H19N3O2/c1-25(14-16-7-3-2-4-8-16)15-17(13-23)22(27)24-20-11-5-10-19-18(20)9-6-12-21(19)26/h2-12,15,26H,14H2,1H3,(H,24,27)/b17-15-. The topological polar surface area (TPSA) is 76.4 Å². The second kappa shape index (κ2) is 8.07. The molecule has 0 aromatic heterocycles. The van der Waals surface area contributed by atoms with Crippen LogP contribution in [0.2, 0.25) is 0 Å². The number of amides is 1. The third-order valence-corrected chi connectivity index (χ3v) is 4.14. The predicted octanol–water partition coefficient (Wildman–Crippen LogP) is 4.02. The maximum absolute atomic E-state index is 12.6. The van der Waals surface area contributed by atoms with Crippen LogP contribution in [0.1, 0.15) is 5.56 Å². The largest absolute Gasteiger partial charge is 0.507 e. The summed E-state index contributed by atoms with van der Waals surface area (Å²) in [6.07, 6.45) is 1.53. The van der Waals surface area contributed by atoms with Crippen LogP contribution in [0.4, 0.5) is 5.69 Å². The van der Waals surface area contributed by atoms with Gasteiger partial charge in [0.05, 0.1) is 0 Å². The quantitative estimate of drug-likeness (QED) is 0.534. The highest BCUT2D eigenvalue weighted by Gasteiger charge is 2.13. The molecule has 0 aliphatic rings. The number of hydrogen-bond acceptors (Lipinski definition) is 4. The number of carbonyl (C=O) groups excluding carboxylic acids is 1. The van der Waals surface area contributed by atoms with E-state index in [2.05, 4.69) is 5.32 Å². The van der Waals surface area contributed by atoms with Gasteiger partial charge >= 0.3 is 0 Å². The molecule has 0 radical (unpaired) electrons. The Balaban J connectivity index is 1.80. The minimum atomic E-state index is -0.492. The van der Waals surface area contributed by atoms with E-state index >= 15 is 0 Å². The number of rotatable bonds is 5. The van der Waals surface area contributed by atoms with Crippen LogP contribution in [0.25, 0.3) is 10.8 Å². The number of aromatic hydroxyl groups is 1. The molecule has 3 aromatic carbocycles. The first-order chi connectivity index (χ1) is 13.1. The lowest BCUT2D eigenvalue weighted by molar-refractivity contribution is -0.112.